The van der Waals surface area contributed by atoms with Gasteiger partial charge in [0.05, 0.1) is 11.3 Å². The molecule has 8 heteroatoms. The van der Waals surface area contributed by atoms with Gasteiger partial charge in [-0.3, -0.25) is 4.79 Å². The van der Waals surface area contributed by atoms with E-state index in [4.69, 9.17) is 4.42 Å². The van der Waals surface area contributed by atoms with Crippen molar-refractivity contribution in [3.63, 3.8) is 0 Å². The number of hydrogen-bond acceptors (Lipinski definition) is 4. The molecule has 0 radical (unpaired) electrons. The molecule has 2 N–H and O–H groups in total. The first kappa shape index (κ1) is 17.8. The van der Waals surface area contributed by atoms with Gasteiger partial charge in [0.15, 0.2) is 11.5 Å². The minimum Gasteiger partial charge on any atom is -0.441 e. The molecule has 1 atom stereocenters. The number of oxazole rings is 1. The summed E-state index contributed by atoms with van der Waals surface area (Å²) in [5.74, 6) is -0.0650. The maximum Gasteiger partial charge on any atom is 0.418 e. The van der Waals surface area contributed by atoms with Crippen LogP contribution < -0.4 is 10.6 Å². The monoisotopic (exact) mass is 363 g/mol. The van der Waals surface area contributed by atoms with E-state index in [9.17, 15) is 18.0 Å². The molecule has 5 nitrogen and oxygen atoms in total. The molecule has 3 aromatic rings. The van der Waals surface area contributed by atoms with Gasteiger partial charge in [-0.15, -0.1) is 0 Å². The zero-order chi connectivity index (χ0) is 18.9. The largest absolute Gasteiger partial charge is 0.441 e. The third kappa shape index (κ3) is 3.79. The topological polar surface area (TPSA) is 67.2 Å². The second kappa shape index (κ2) is 6.70. The fourth-order valence-electron chi connectivity index (χ4n) is 2.53. The molecule has 0 fully saturated rings. The van der Waals surface area contributed by atoms with E-state index in [1.54, 1.807) is 32.0 Å². The van der Waals surface area contributed by atoms with Gasteiger partial charge in [0.1, 0.15) is 11.6 Å². The van der Waals surface area contributed by atoms with Crippen LogP contribution in [-0.4, -0.2) is 16.9 Å². The smallest absolute Gasteiger partial charge is 0.418 e. The summed E-state index contributed by atoms with van der Waals surface area (Å²) in [4.78, 5) is 16.5. The first-order valence-electron chi connectivity index (χ1n) is 7.85. The van der Waals surface area contributed by atoms with E-state index in [0.29, 0.717) is 22.7 Å². The van der Waals surface area contributed by atoms with Crippen LogP contribution in [0.5, 0.6) is 0 Å². The van der Waals surface area contributed by atoms with E-state index >= 15 is 0 Å². The van der Waals surface area contributed by atoms with Crippen LogP contribution in [0.1, 0.15) is 18.4 Å². The summed E-state index contributed by atoms with van der Waals surface area (Å²) < 4.78 is 44.4. The van der Waals surface area contributed by atoms with Crippen LogP contribution >= 0.6 is 0 Å². The van der Waals surface area contributed by atoms with Gasteiger partial charge in [-0.25, -0.2) is 4.98 Å². The van der Waals surface area contributed by atoms with Gasteiger partial charge in [0, 0.05) is 12.6 Å². The summed E-state index contributed by atoms with van der Waals surface area (Å²) in [5, 5.41) is 5.27. The van der Waals surface area contributed by atoms with Crippen molar-refractivity contribution in [1.82, 2.24) is 4.98 Å². The normalized spacial score (nSPS) is 12.8. The number of amides is 1. The number of nitrogens with zero attached hydrogens (tertiary/aromatic N) is 1. The molecule has 1 aromatic heterocycles. The molecule has 1 amide bonds. The van der Waals surface area contributed by atoms with E-state index in [1.165, 1.54) is 18.2 Å². The van der Waals surface area contributed by atoms with Crippen LogP contribution in [0.3, 0.4) is 0 Å². The van der Waals surface area contributed by atoms with Crippen molar-refractivity contribution in [3.8, 4) is 0 Å². The van der Waals surface area contributed by atoms with Gasteiger partial charge >= 0.3 is 6.18 Å². The van der Waals surface area contributed by atoms with Crippen LogP contribution in [-0.2, 0) is 11.0 Å². The van der Waals surface area contributed by atoms with Crippen LogP contribution in [0, 0.1) is 6.92 Å². The highest BCUT2D eigenvalue weighted by molar-refractivity contribution is 5.97. The maximum absolute atomic E-state index is 13.0. The van der Waals surface area contributed by atoms with Crippen molar-refractivity contribution < 1.29 is 22.4 Å². The number of para-hydroxylation sites is 1. The molecule has 0 aliphatic rings. The zero-order valence-corrected chi connectivity index (χ0v) is 14.0. The lowest BCUT2D eigenvalue weighted by atomic mass is 10.1. The highest BCUT2D eigenvalue weighted by Crippen LogP contribution is 2.34. The summed E-state index contributed by atoms with van der Waals surface area (Å²) >= 11 is 0. The first-order valence-corrected chi connectivity index (χ1v) is 7.85. The third-order valence-electron chi connectivity index (χ3n) is 3.76. The number of anilines is 2. The SMILES string of the molecule is Cc1nc2cc(NC(C)C(=O)Nc3ccccc3C(F)(F)F)ccc2o1. The van der Waals surface area contributed by atoms with Gasteiger partial charge in [-0.2, -0.15) is 13.2 Å². The van der Waals surface area contributed by atoms with Gasteiger partial charge in [-0.05, 0) is 37.3 Å². The van der Waals surface area contributed by atoms with E-state index in [-0.39, 0.29) is 5.69 Å². The Labute approximate surface area is 147 Å². The Kier molecular flexibility index (Phi) is 4.58. The number of carbonyl (C=O) groups is 1. The molecule has 1 heterocycles. The Morgan fingerprint density at radius 3 is 2.65 bits per heavy atom. The van der Waals surface area contributed by atoms with Crippen molar-refractivity contribution in [2.45, 2.75) is 26.1 Å². The molecule has 26 heavy (non-hydrogen) atoms. The number of fused-ring (bicyclic) bond motifs is 1. The molecule has 0 spiro atoms. The van der Waals surface area contributed by atoms with Crippen molar-refractivity contribution in [2.75, 3.05) is 10.6 Å². The lowest BCUT2D eigenvalue weighted by Gasteiger charge is -2.18. The summed E-state index contributed by atoms with van der Waals surface area (Å²) in [7, 11) is 0. The number of nitrogens with one attached hydrogen (secondary N) is 2. The van der Waals surface area contributed by atoms with Crippen molar-refractivity contribution >= 4 is 28.4 Å². The number of halogens is 3. The fraction of sp³-hybridized carbons (Fsp3) is 0.222. The lowest BCUT2D eigenvalue weighted by molar-refractivity contribution is -0.137. The summed E-state index contributed by atoms with van der Waals surface area (Å²) in [6, 6.07) is 9.22. The number of benzene rings is 2. The van der Waals surface area contributed by atoms with Crippen LogP contribution in [0.15, 0.2) is 46.9 Å². The van der Waals surface area contributed by atoms with E-state index in [1.807, 2.05) is 0 Å². The van der Waals surface area contributed by atoms with E-state index in [0.717, 1.165) is 6.07 Å². The molecule has 0 aliphatic heterocycles. The van der Waals surface area contributed by atoms with E-state index < -0.39 is 23.7 Å². The van der Waals surface area contributed by atoms with Crippen molar-refractivity contribution in [3.05, 3.63) is 53.9 Å². The number of carbonyl (C=O) groups excluding carboxylic acids is 1. The van der Waals surface area contributed by atoms with Crippen LogP contribution in [0.25, 0.3) is 11.1 Å². The van der Waals surface area contributed by atoms with Crippen LogP contribution in [0.2, 0.25) is 0 Å². The Balaban J connectivity index is 1.73. The average molecular weight is 363 g/mol. The maximum atomic E-state index is 13.0. The zero-order valence-electron chi connectivity index (χ0n) is 14.0. The van der Waals surface area contributed by atoms with Crippen molar-refractivity contribution in [1.29, 1.82) is 0 Å². The highest BCUT2D eigenvalue weighted by atomic mass is 19.4. The Hall–Kier alpha value is -3.03. The summed E-state index contributed by atoms with van der Waals surface area (Å²) in [5.41, 5.74) is 0.686. The molecule has 0 bridgehead atoms. The second-order valence-electron chi connectivity index (χ2n) is 5.81. The number of hydrogen-bond donors (Lipinski definition) is 2. The number of alkyl halides is 3. The fourth-order valence-corrected chi connectivity index (χ4v) is 2.53. The van der Waals surface area contributed by atoms with Gasteiger partial charge in [-0.1, -0.05) is 12.1 Å². The summed E-state index contributed by atoms with van der Waals surface area (Å²) in [6.07, 6.45) is -4.55. The minimum absolute atomic E-state index is 0.277. The highest BCUT2D eigenvalue weighted by Gasteiger charge is 2.33. The van der Waals surface area contributed by atoms with Crippen molar-refractivity contribution in [2.24, 2.45) is 0 Å². The Morgan fingerprint density at radius 2 is 1.92 bits per heavy atom. The minimum atomic E-state index is -4.55. The second-order valence-corrected chi connectivity index (χ2v) is 5.81. The predicted molar refractivity (Wildman–Crippen MR) is 91.9 cm³/mol. The van der Waals surface area contributed by atoms with Gasteiger partial charge < -0.3 is 15.1 Å². The van der Waals surface area contributed by atoms with Crippen LogP contribution in [0.4, 0.5) is 24.5 Å². The quantitative estimate of drug-likeness (QED) is 0.711. The molecule has 0 aliphatic carbocycles. The average Bonchev–Trinajstić information content (AvgIpc) is 2.93. The standard InChI is InChI=1S/C18H16F3N3O2/c1-10(22-12-7-8-16-15(9-12)23-11(2)26-16)17(25)24-14-6-4-3-5-13(14)18(19,20)21/h3-10,22H,1-2H3,(H,24,25). The Morgan fingerprint density at radius 1 is 1.19 bits per heavy atom. The number of rotatable bonds is 4. The third-order valence-corrected chi connectivity index (χ3v) is 3.76. The van der Waals surface area contributed by atoms with Gasteiger partial charge in [0.25, 0.3) is 0 Å². The number of aromatic nitrogens is 1. The molecule has 0 saturated carbocycles. The van der Waals surface area contributed by atoms with E-state index in [2.05, 4.69) is 15.6 Å². The molecule has 2 aromatic carbocycles. The number of aryl methyl sites for hydroxylation is 1. The Bertz CT molecular complexity index is 950. The molecule has 136 valence electrons. The molecule has 3 rings (SSSR count). The molecular formula is C18H16F3N3O2. The summed E-state index contributed by atoms with van der Waals surface area (Å²) in [6.45, 7) is 3.28. The predicted octanol–water partition coefficient (Wildman–Crippen LogP) is 4.59. The molecule has 1 unspecified atom stereocenters. The van der Waals surface area contributed by atoms with Gasteiger partial charge in [0.2, 0.25) is 5.91 Å². The molecular weight excluding hydrogens is 347 g/mol. The lowest BCUT2D eigenvalue weighted by Crippen LogP contribution is -2.32. The molecule has 0 saturated heterocycles. The first-order chi connectivity index (χ1) is 12.2.